The van der Waals surface area contributed by atoms with E-state index in [1.807, 2.05) is 35.2 Å². The summed E-state index contributed by atoms with van der Waals surface area (Å²) in [5.41, 5.74) is 4.85. The van der Waals surface area contributed by atoms with Crippen LogP contribution < -0.4 is 16.0 Å². The lowest BCUT2D eigenvalue weighted by Gasteiger charge is -2.44. The molecule has 12 heteroatoms. The number of nitrogen functional groups attached to an aromatic ring is 1. The molecule has 1 saturated carbocycles. The van der Waals surface area contributed by atoms with Crippen molar-refractivity contribution in [2.45, 2.75) is 55.8 Å². The maximum Gasteiger partial charge on any atom is 0.280 e. The summed E-state index contributed by atoms with van der Waals surface area (Å²) in [6, 6.07) is 15.2. The number of carbonyl (C=O) groups excluding carboxylic acids is 1. The van der Waals surface area contributed by atoms with E-state index in [1.165, 1.54) is 35.2 Å². The van der Waals surface area contributed by atoms with Gasteiger partial charge in [-0.2, -0.15) is 0 Å². The number of benzene rings is 2. The number of carbonyl (C=O) groups is 1. The van der Waals surface area contributed by atoms with Gasteiger partial charge < -0.3 is 25.2 Å². The van der Waals surface area contributed by atoms with Crippen LogP contribution in [-0.4, -0.2) is 66.8 Å². The van der Waals surface area contributed by atoms with Crippen LogP contribution in [0.3, 0.4) is 0 Å². The molecule has 4 aromatic rings. The van der Waals surface area contributed by atoms with Gasteiger partial charge in [0, 0.05) is 38.5 Å². The van der Waals surface area contributed by atoms with Crippen molar-refractivity contribution in [1.82, 2.24) is 24.4 Å². The summed E-state index contributed by atoms with van der Waals surface area (Å²) >= 11 is 0. The smallest absolute Gasteiger partial charge is 0.280 e. The number of methoxy groups -OCH3 is 1. The van der Waals surface area contributed by atoms with E-state index >= 15 is 0 Å². The number of aromatic nitrogens is 4. The maximum atomic E-state index is 14.1. The van der Waals surface area contributed by atoms with Crippen LogP contribution in [0.25, 0.3) is 0 Å². The van der Waals surface area contributed by atoms with E-state index in [0.717, 1.165) is 5.56 Å². The van der Waals surface area contributed by atoms with Crippen molar-refractivity contribution < 1.29 is 23.8 Å². The lowest BCUT2D eigenvalue weighted by Crippen LogP contribution is -2.52. The molecule has 2 aromatic heterocycles. The number of anilines is 1. The summed E-state index contributed by atoms with van der Waals surface area (Å²) in [6.07, 6.45) is 8.31. The van der Waals surface area contributed by atoms with Crippen LogP contribution in [0.2, 0.25) is 0 Å². The molecular weight excluding hydrogens is 615 g/mol. The number of ether oxygens (including phenoxy) is 2. The van der Waals surface area contributed by atoms with Crippen LogP contribution in [0.5, 0.6) is 11.6 Å². The van der Waals surface area contributed by atoms with Gasteiger partial charge in [0.05, 0.1) is 18.3 Å². The number of likely N-dealkylation sites (tertiary alicyclic amines) is 1. The highest BCUT2D eigenvalue weighted by Crippen LogP contribution is 2.45. The van der Waals surface area contributed by atoms with Crippen molar-refractivity contribution in [1.29, 1.82) is 0 Å². The van der Waals surface area contributed by atoms with Crippen LogP contribution in [-0.2, 0) is 16.1 Å². The second kappa shape index (κ2) is 13.9. The first-order valence-electron chi connectivity index (χ1n) is 15.9. The van der Waals surface area contributed by atoms with Gasteiger partial charge in [0.25, 0.3) is 5.56 Å². The van der Waals surface area contributed by atoms with E-state index in [2.05, 4.69) is 26.8 Å². The minimum Gasteiger partial charge on any atom is -0.437 e. The molecule has 0 spiro atoms. The Morgan fingerprint density at radius 1 is 1.08 bits per heavy atom. The van der Waals surface area contributed by atoms with Gasteiger partial charge >= 0.3 is 0 Å². The van der Waals surface area contributed by atoms with Gasteiger partial charge in [-0.15, -0.1) is 0 Å². The minimum absolute atomic E-state index is 0.0304. The normalized spacial score (nSPS) is 21.9. The van der Waals surface area contributed by atoms with Gasteiger partial charge in [0.15, 0.2) is 5.69 Å². The lowest BCUT2D eigenvalue weighted by atomic mass is 9.68. The van der Waals surface area contributed by atoms with E-state index in [0.29, 0.717) is 38.0 Å². The highest BCUT2D eigenvalue weighted by Gasteiger charge is 2.46. The molecule has 248 valence electrons. The Hall–Kier alpha value is -5.12. The van der Waals surface area contributed by atoms with E-state index in [4.69, 9.17) is 15.2 Å². The van der Waals surface area contributed by atoms with Gasteiger partial charge in [-0.05, 0) is 73.8 Å². The molecular formula is C36H37FN6O5. The number of amides is 1. The van der Waals surface area contributed by atoms with Gasteiger partial charge in [0.2, 0.25) is 11.8 Å². The summed E-state index contributed by atoms with van der Waals surface area (Å²) in [7, 11) is 1.65. The summed E-state index contributed by atoms with van der Waals surface area (Å²) in [5, 5.41) is 11.5. The molecule has 2 aliphatic rings. The fraction of sp³-hybridized carbons (Fsp3) is 0.361. The van der Waals surface area contributed by atoms with Crippen LogP contribution in [0.15, 0.2) is 84.3 Å². The Labute approximate surface area is 277 Å². The SMILES string of the molecule is CO[C@]1(C#Cc2cnccn2)CC[C@@H](C(=O)N2CCC(O)(Cn3cnc(Oc4ccc(F)cc4)c(N)c3=O)CC2)[C@H](c2ccccc2)C1. The zero-order valence-corrected chi connectivity index (χ0v) is 26.6. The monoisotopic (exact) mass is 652 g/mol. The third kappa shape index (κ3) is 7.22. The van der Waals surface area contributed by atoms with Crippen LogP contribution in [0.1, 0.15) is 49.3 Å². The lowest BCUT2D eigenvalue weighted by molar-refractivity contribution is -0.143. The molecule has 48 heavy (non-hydrogen) atoms. The summed E-state index contributed by atoms with van der Waals surface area (Å²) in [5.74, 6) is 5.77. The number of hydrogen-bond donors (Lipinski definition) is 2. The number of rotatable bonds is 7. The molecule has 11 nitrogen and oxygen atoms in total. The Kier molecular flexibility index (Phi) is 9.52. The molecule has 1 aliphatic heterocycles. The number of hydrogen-bond acceptors (Lipinski definition) is 9. The number of piperidine rings is 1. The maximum absolute atomic E-state index is 14.1. The van der Waals surface area contributed by atoms with Crippen molar-refractivity contribution in [2.75, 3.05) is 25.9 Å². The van der Waals surface area contributed by atoms with Gasteiger partial charge in [0.1, 0.15) is 29.2 Å². The summed E-state index contributed by atoms with van der Waals surface area (Å²) in [4.78, 5) is 41.5. The van der Waals surface area contributed by atoms with Crippen molar-refractivity contribution in [2.24, 2.45) is 5.92 Å². The molecule has 3 heterocycles. The van der Waals surface area contributed by atoms with Gasteiger partial charge in [-0.3, -0.25) is 19.1 Å². The first-order chi connectivity index (χ1) is 23.2. The largest absolute Gasteiger partial charge is 0.437 e. The highest BCUT2D eigenvalue weighted by molar-refractivity contribution is 5.80. The van der Waals surface area contributed by atoms with Crippen LogP contribution >= 0.6 is 0 Å². The second-order valence-corrected chi connectivity index (χ2v) is 12.4. The molecule has 0 radical (unpaired) electrons. The molecule has 0 unspecified atom stereocenters. The quantitative estimate of drug-likeness (QED) is 0.284. The molecule has 2 aromatic carbocycles. The zero-order chi connectivity index (χ0) is 33.7. The Morgan fingerprint density at radius 2 is 1.83 bits per heavy atom. The average Bonchev–Trinajstić information content (AvgIpc) is 3.12. The molecule has 1 saturated heterocycles. The Bertz CT molecular complexity index is 1850. The molecule has 3 N–H and O–H groups in total. The summed E-state index contributed by atoms with van der Waals surface area (Å²) in [6.45, 7) is 0.621. The van der Waals surface area contributed by atoms with Crippen molar-refractivity contribution >= 4 is 11.6 Å². The van der Waals surface area contributed by atoms with E-state index in [-0.39, 0.29) is 54.4 Å². The molecule has 3 atom stereocenters. The minimum atomic E-state index is -1.25. The van der Waals surface area contributed by atoms with Crippen molar-refractivity contribution in [3.63, 3.8) is 0 Å². The van der Waals surface area contributed by atoms with Crippen molar-refractivity contribution in [3.05, 3.63) is 107 Å². The third-order valence-electron chi connectivity index (χ3n) is 9.35. The van der Waals surface area contributed by atoms with Crippen LogP contribution in [0.4, 0.5) is 10.1 Å². The highest BCUT2D eigenvalue weighted by atomic mass is 19.1. The first kappa shape index (κ1) is 32.8. The topological polar surface area (TPSA) is 146 Å². The van der Waals surface area contributed by atoms with E-state index in [1.54, 1.807) is 25.7 Å². The predicted molar refractivity (Wildman–Crippen MR) is 175 cm³/mol. The summed E-state index contributed by atoms with van der Waals surface area (Å²) < 4.78 is 26.1. The third-order valence-corrected chi connectivity index (χ3v) is 9.35. The number of halogens is 1. The molecule has 2 fully saturated rings. The zero-order valence-electron chi connectivity index (χ0n) is 26.6. The number of aliphatic hydroxyl groups is 1. The molecule has 6 rings (SSSR count). The molecule has 0 bridgehead atoms. The fourth-order valence-corrected chi connectivity index (χ4v) is 6.58. The van der Waals surface area contributed by atoms with E-state index in [9.17, 15) is 19.1 Å². The molecule has 1 aliphatic carbocycles. The Morgan fingerprint density at radius 3 is 2.52 bits per heavy atom. The predicted octanol–water partition coefficient (Wildman–Crippen LogP) is 3.92. The first-order valence-corrected chi connectivity index (χ1v) is 15.9. The van der Waals surface area contributed by atoms with E-state index < -0.39 is 22.6 Å². The molecule has 1 amide bonds. The van der Waals surface area contributed by atoms with Crippen LogP contribution in [0, 0.1) is 23.6 Å². The standard InChI is InChI=1S/C36H37FN6O5/c1-47-36(13-11-27-22-39-17-18-40-27)14-12-29(30(21-36)25-5-3-2-4-6-25)33(44)42-19-15-35(46,16-20-42)23-43-24-41-32(31(38)34(43)45)48-28-9-7-26(37)8-10-28/h2-10,17-18,22,24,29-30,46H,12,14-16,19-21,23,38H2,1H3/t29-,30+,36-/m1/s1. The van der Waals surface area contributed by atoms with Gasteiger partial charge in [-0.25, -0.2) is 14.4 Å². The number of nitrogens with two attached hydrogens (primary N) is 1. The van der Waals surface area contributed by atoms with Crippen molar-refractivity contribution in [3.8, 4) is 23.5 Å². The van der Waals surface area contributed by atoms with Gasteiger partial charge in [-0.1, -0.05) is 36.3 Å². The fourth-order valence-electron chi connectivity index (χ4n) is 6.58. The number of nitrogens with zero attached hydrogens (tertiary/aromatic N) is 5. The Balaban J connectivity index is 1.13. The average molecular weight is 653 g/mol. The second-order valence-electron chi connectivity index (χ2n) is 12.4.